The summed E-state index contributed by atoms with van der Waals surface area (Å²) < 4.78 is 0. The SMILES string of the molecule is CC1=NN(c2ccccc2)C(=O)C1N=Nc1ccc(C)cc1[N+](=O)[O-]. The van der Waals surface area contributed by atoms with Crippen LogP contribution < -0.4 is 5.01 Å². The van der Waals surface area contributed by atoms with Crippen LogP contribution in [0, 0.1) is 17.0 Å². The van der Waals surface area contributed by atoms with E-state index in [1.54, 1.807) is 44.2 Å². The largest absolute Gasteiger partial charge is 0.296 e. The van der Waals surface area contributed by atoms with Crippen LogP contribution >= 0.6 is 0 Å². The smallest absolute Gasteiger partial charge is 0.269 e. The second-order valence-electron chi connectivity index (χ2n) is 5.59. The maximum Gasteiger partial charge on any atom is 0.296 e. The van der Waals surface area contributed by atoms with Crippen LogP contribution in [0.5, 0.6) is 0 Å². The van der Waals surface area contributed by atoms with Gasteiger partial charge >= 0.3 is 0 Å². The summed E-state index contributed by atoms with van der Waals surface area (Å²) in [6.45, 7) is 3.43. The molecule has 3 rings (SSSR count). The number of benzene rings is 2. The van der Waals surface area contributed by atoms with E-state index in [-0.39, 0.29) is 17.3 Å². The molecule has 8 heteroatoms. The molecule has 0 saturated carbocycles. The van der Waals surface area contributed by atoms with Gasteiger partial charge in [0.1, 0.15) is 0 Å². The molecule has 0 N–H and O–H groups in total. The van der Waals surface area contributed by atoms with Gasteiger partial charge in [-0.1, -0.05) is 24.3 Å². The molecule has 0 spiro atoms. The number of carbonyl (C=O) groups is 1. The first kappa shape index (κ1) is 16.4. The Morgan fingerprint density at radius 1 is 1.16 bits per heavy atom. The third-order valence-electron chi connectivity index (χ3n) is 3.71. The molecule has 25 heavy (non-hydrogen) atoms. The van der Waals surface area contributed by atoms with Gasteiger partial charge in [0.2, 0.25) is 0 Å². The maximum absolute atomic E-state index is 12.5. The Morgan fingerprint density at radius 2 is 1.88 bits per heavy atom. The Labute approximate surface area is 143 Å². The number of anilines is 1. The van der Waals surface area contributed by atoms with Gasteiger partial charge < -0.3 is 0 Å². The lowest BCUT2D eigenvalue weighted by molar-refractivity contribution is -0.384. The van der Waals surface area contributed by atoms with Crippen LogP contribution in [0.4, 0.5) is 17.1 Å². The third kappa shape index (κ3) is 3.27. The van der Waals surface area contributed by atoms with Gasteiger partial charge in [-0.2, -0.15) is 15.2 Å². The van der Waals surface area contributed by atoms with Crippen molar-refractivity contribution in [2.24, 2.45) is 15.3 Å². The first-order chi connectivity index (χ1) is 12.0. The molecule has 2 aromatic carbocycles. The number of amides is 1. The highest BCUT2D eigenvalue weighted by molar-refractivity contribution is 6.18. The summed E-state index contributed by atoms with van der Waals surface area (Å²) in [4.78, 5) is 23.2. The normalized spacial score (nSPS) is 17.2. The number of hydrazone groups is 1. The summed E-state index contributed by atoms with van der Waals surface area (Å²) in [6, 6.07) is 12.7. The van der Waals surface area contributed by atoms with Crippen molar-refractivity contribution in [2.45, 2.75) is 19.9 Å². The van der Waals surface area contributed by atoms with Crippen LogP contribution in [0.25, 0.3) is 0 Å². The van der Waals surface area contributed by atoms with Crippen molar-refractivity contribution >= 4 is 28.7 Å². The van der Waals surface area contributed by atoms with Gasteiger partial charge in [-0.3, -0.25) is 14.9 Å². The monoisotopic (exact) mass is 337 g/mol. The van der Waals surface area contributed by atoms with E-state index in [0.29, 0.717) is 11.4 Å². The zero-order valence-corrected chi connectivity index (χ0v) is 13.7. The minimum atomic E-state index is -0.888. The van der Waals surface area contributed by atoms with Crippen molar-refractivity contribution in [3.8, 4) is 0 Å². The summed E-state index contributed by atoms with van der Waals surface area (Å²) in [7, 11) is 0. The lowest BCUT2D eigenvalue weighted by atomic mass is 10.2. The molecular formula is C17H15N5O3. The Kier molecular flexibility index (Phi) is 4.34. The molecule has 1 atom stereocenters. The van der Waals surface area contributed by atoms with E-state index in [0.717, 1.165) is 5.56 Å². The molecule has 0 aliphatic carbocycles. The number of aryl methyl sites for hydroxylation is 1. The van der Waals surface area contributed by atoms with Crippen molar-refractivity contribution in [3.05, 3.63) is 64.2 Å². The summed E-state index contributed by atoms with van der Waals surface area (Å²) in [6.07, 6.45) is 0. The number of hydrogen-bond donors (Lipinski definition) is 0. The van der Waals surface area contributed by atoms with E-state index in [1.165, 1.54) is 17.1 Å². The van der Waals surface area contributed by atoms with Crippen molar-refractivity contribution in [1.82, 2.24) is 0 Å². The summed E-state index contributed by atoms with van der Waals surface area (Å²) in [5, 5.41) is 24.6. The minimum Gasteiger partial charge on any atom is -0.269 e. The predicted molar refractivity (Wildman–Crippen MR) is 93.2 cm³/mol. The fraction of sp³-hybridized carbons (Fsp3) is 0.176. The van der Waals surface area contributed by atoms with E-state index in [9.17, 15) is 14.9 Å². The first-order valence-corrected chi connectivity index (χ1v) is 7.57. The Bertz CT molecular complexity index is 892. The van der Waals surface area contributed by atoms with Crippen LogP contribution in [0.2, 0.25) is 0 Å². The molecule has 1 aliphatic heterocycles. The molecule has 8 nitrogen and oxygen atoms in total. The summed E-state index contributed by atoms with van der Waals surface area (Å²) in [5.74, 6) is -0.345. The first-order valence-electron chi connectivity index (χ1n) is 7.57. The van der Waals surface area contributed by atoms with E-state index in [4.69, 9.17) is 0 Å². The zero-order valence-electron chi connectivity index (χ0n) is 13.7. The van der Waals surface area contributed by atoms with Crippen molar-refractivity contribution in [1.29, 1.82) is 0 Å². The topological polar surface area (TPSA) is 101 Å². The molecule has 0 fully saturated rings. The van der Waals surface area contributed by atoms with Gasteiger partial charge in [-0.15, -0.1) is 5.11 Å². The van der Waals surface area contributed by atoms with Crippen LogP contribution in [-0.4, -0.2) is 22.6 Å². The fourth-order valence-electron chi connectivity index (χ4n) is 2.43. The molecule has 0 radical (unpaired) electrons. The third-order valence-corrected chi connectivity index (χ3v) is 3.71. The molecule has 0 aromatic heterocycles. The molecule has 126 valence electrons. The van der Waals surface area contributed by atoms with E-state index < -0.39 is 11.0 Å². The lowest BCUT2D eigenvalue weighted by Crippen LogP contribution is -2.29. The molecule has 0 bridgehead atoms. The van der Waals surface area contributed by atoms with Crippen molar-refractivity contribution < 1.29 is 9.72 Å². The van der Waals surface area contributed by atoms with Crippen LogP contribution in [-0.2, 0) is 4.79 Å². The number of para-hydroxylation sites is 1. The van der Waals surface area contributed by atoms with E-state index >= 15 is 0 Å². The van der Waals surface area contributed by atoms with Crippen LogP contribution in [0.15, 0.2) is 63.9 Å². The molecule has 0 saturated heterocycles. The average molecular weight is 337 g/mol. The highest BCUT2D eigenvalue weighted by Crippen LogP contribution is 2.29. The fourth-order valence-corrected chi connectivity index (χ4v) is 2.43. The minimum absolute atomic E-state index is 0.106. The lowest BCUT2D eigenvalue weighted by Gasteiger charge is -2.11. The highest BCUT2D eigenvalue weighted by Gasteiger charge is 2.34. The van der Waals surface area contributed by atoms with Gasteiger partial charge in [0, 0.05) is 6.07 Å². The second-order valence-corrected chi connectivity index (χ2v) is 5.59. The number of rotatable bonds is 4. The molecular weight excluding hydrogens is 322 g/mol. The summed E-state index contributed by atoms with van der Waals surface area (Å²) >= 11 is 0. The number of hydrogen-bond acceptors (Lipinski definition) is 6. The van der Waals surface area contributed by atoms with Gasteiger partial charge in [0.25, 0.3) is 11.6 Å². The van der Waals surface area contributed by atoms with Gasteiger partial charge in [-0.05, 0) is 37.6 Å². The van der Waals surface area contributed by atoms with E-state index in [2.05, 4.69) is 15.3 Å². The Hall–Kier alpha value is -3.42. The zero-order chi connectivity index (χ0) is 18.0. The van der Waals surface area contributed by atoms with Crippen molar-refractivity contribution in [3.63, 3.8) is 0 Å². The Morgan fingerprint density at radius 3 is 2.56 bits per heavy atom. The number of nitro benzene ring substituents is 1. The molecule has 2 aromatic rings. The van der Waals surface area contributed by atoms with Gasteiger partial charge in [0.15, 0.2) is 11.7 Å². The molecule has 1 unspecified atom stereocenters. The molecule has 1 aliphatic rings. The number of nitro groups is 1. The molecule has 1 heterocycles. The Balaban J connectivity index is 1.87. The standard InChI is InChI=1S/C17H15N5O3/c1-11-8-9-14(15(10-11)22(24)25)18-19-16-12(2)20-21(17(16)23)13-6-4-3-5-7-13/h3-10,16H,1-2H3. The maximum atomic E-state index is 12.5. The summed E-state index contributed by atoms with van der Waals surface area (Å²) in [5.41, 5.74) is 1.81. The second kappa shape index (κ2) is 6.60. The van der Waals surface area contributed by atoms with Crippen LogP contribution in [0.1, 0.15) is 12.5 Å². The van der Waals surface area contributed by atoms with Gasteiger partial charge in [-0.25, -0.2) is 0 Å². The number of nitrogens with zero attached hydrogens (tertiary/aromatic N) is 5. The average Bonchev–Trinajstić information content (AvgIpc) is 2.89. The van der Waals surface area contributed by atoms with Crippen LogP contribution in [0.3, 0.4) is 0 Å². The highest BCUT2D eigenvalue weighted by atomic mass is 16.6. The molecule has 1 amide bonds. The quantitative estimate of drug-likeness (QED) is 0.482. The number of azo groups is 1. The van der Waals surface area contributed by atoms with Crippen molar-refractivity contribution in [2.75, 3.05) is 5.01 Å². The van der Waals surface area contributed by atoms with E-state index in [1.807, 2.05) is 6.07 Å². The predicted octanol–water partition coefficient (Wildman–Crippen LogP) is 3.78. The van der Waals surface area contributed by atoms with Gasteiger partial charge in [0.05, 0.1) is 16.3 Å². The number of carbonyl (C=O) groups excluding carboxylic acids is 1.